The molecule has 0 atom stereocenters. The van der Waals surface area contributed by atoms with Crippen molar-refractivity contribution in [2.24, 2.45) is 5.10 Å². The molecule has 0 radical (unpaired) electrons. The minimum atomic E-state index is -0.0292. The van der Waals surface area contributed by atoms with Crippen molar-refractivity contribution >= 4 is 39.3 Å². The Bertz CT molecular complexity index is 511. The second kappa shape index (κ2) is 8.56. The van der Waals surface area contributed by atoms with Crippen molar-refractivity contribution in [3.63, 3.8) is 0 Å². The third-order valence-electron chi connectivity index (χ3n) is 3.35. The van der Waals surface area contributed by atoms with Gasteiger partial charge in [-0.25, -0.2) is 5.43 Å². The van der Waals surface area contributed by atoms with Gasteiger partial charge in [-0.05, 0) is 18.7 Å². The van der Waals surface area contributed by atoms with Gasteiger partial charge in [0.2, 0.25) is 5.91 Å². The number of carbonyl (C=O) groups is 1. The fourth-order valence-electron chi connectivity index (χ4n) is 2.03. The first-order valence-electron chi connectivity index (χ1n) is 6.99. The highest BCUT2D eigenvalue weighted by Gasteiger charge is 2.11. The van der Waals surface area contributed by atoms with Crippen molar-refractivity contribution < 1.29 is 4.79 Å². The smallest absolute Gasteiger partial charge is 0.250 e. The number of likely N-dealkylation sites (tertiary alicyclic amines) is 1. The molecule has 1 N–H and O–H groups in total. The van der Waals surface area contributed by atoms with E-state index in [1.54, 1.807) is 11.8 Å². The van der Waals surface area contributed by atoms with Crippen molar-refractivity contribution in [3.8, 4) is 0 Å². The van der Waals surface area contributed by atoms with Gasteiger partial charge in [0.1, 0.15) is 0 Å². The van der Waals surface area contributed by atoms with E-state index in [1.165, 1.54) is 5.56 Å². The molecule has 1 aromatic rings. The Balaban J connectivity index is 1.68. The molecule has 0 aromatic heterocycles. The normalized spacial score (nSPS) is 15.8. The van der Waals surface area contributed by atoms with E-state index in [1.807, 2.05) is 18.2 Å². The summed E-state index contributed by atoms with van der Waals surface area (Å²) in [6.07, 6.45) is 1.89. The molecule has 0 aliphatic carbocycles. The largest absolute Gasteiger partial charge is 0.306 e. The average molecular weight is 370 g/mol. The maximum Gasteiger partial charge on any atom is 0.250 e. The van der Waals surface area contributed by atoms with Crippen LogP contribution in [0.3, 0.4) is 0 Å². The Kier molecular flexibility index (Phi) is 6.73. The number of amides is 1. The number of rotatable bonds is 5. The molecule has 1 aliphatic heterocycles. The van der Waals surface area contributed by atoms with Crippen LogP contribution in [0.2, 0.25) is 0 Å². The number of carbonyl (C=O) groups excluding carboxylic acids is 1. The van der Waals surface area contributed by atoms with Gasteiger partial charge in [-0.1, -0.05) is 34.1 Å². The number of hydrazone groups is 1. The van der Waals surface area contributed by atoms with Crippen molar-refractivity contribution in [2.75, 3.05) is 25.9 Å². The molecule has 6 heteroatoms. The van der Waals surface area contributed by atoms with Crippen LogP contribution in [0.4, 0.5) is 0 Å². The maximum atomic E-state index is 11.8. The Hall–Kier alpha value is -0.850. The van der Waals surface area contributed by atoms with Crippen LogP contribution >= 0.6 is 27.7 Å². The minimum absolute atomic E-state index is 0.0292. The van der Waals surface area contributed by atoms with Gasteiger partial charge < -0.3 is 4.90 Å². The molecule has 1 amide bonds. The molecule has 2 rings (SSSR count). The molecule has 0 spiro atoms. The van der Waals surface area contributed by atoms with E-state index >= 15 is 0 Å². The van der Waals surface area contributed by atoms with Gasteiger partial charge in [-0.15, -0.1) is 11.8 Å². The minimum Gasteiger partial charge on any atom is -0.306 e. The summed E-state index contributed by atoms with van der Waals surface area (Å²) in [5.41, 5.74) is 4.97. The van der Waals surface area contributed by atoms with E-state index in [0.29, 0.717) is 5.75 Å². The lowest BCUT2D eigenvalue weighted by Crippen LogP contribution is -2.32. The van der Waals surface area contributed by atoms with Crippen molar-refractivity contribution in [1.29, 1.82) is 0 Å². The summed E-state index contributed by atoms with van der Waals surface area (Å²) in [5.74, 6) is 1.22. The zero-order valence-electron chi connectivity index (χ0n) is 12.1. The summed E-state index contributed by atoms with van der Waals surface area (Å²) in [6.45, 7) is 2.04. The van der Waals surface area contributed by atoms with Gasteiger partial charge in [0, 0.05) is 41.9 Å². The van der Waals surface area contributed by atoms with Crippen LogP contribution in [0.25, 0.3) is 0 Å². The van der Waals surface area contributed by atoms with E-state index in [4.69, 9.17) is 0 Å². The number of benzene rings is 1. The predicted octanol–water partition coefficient (Wildman–Crippen LogP) is 2.88. The molecule has 1 aromatic carbocycles. The monoisotopic (exact) mass is 369 g/mol. The molecule has 1 fully saturated rings. The number of hydrogen-bond donors (Lipinski definition) is 1. The lowest BCUT2D eigenvalue weighted by atomic mass is 10.1. The number of nitrogens with one attached hydrogen (secondary N) is 1. The van der Waals surface area contributed by atoms with Gasteiger partial charge >= 0.3 is 0 Å². The Morgan fingerprint density at radius 1 is 1.38 bits per heavy atom. The van der Waals surface area contributed by atoms with E-state index < -0.39 is 0 Å². The van der Waals surface area contributed by atoms with E-state index in [2.05, 4.69) is 44.5 Å². The van der Waals surface area contributed by atoms with E-state index in [-0.39, 0.29) is 5.91 Å². The number of thioether (sulfide) groups is 1. The van der Waals surface area contributed by atoms with Crippen LogP contribution in [0, 0.1) is 0 Å². The standard InChI is InChI=1S/C15H20BrN3OS/c1-19-8-6-13(7-9-19)17-18-15(20)11-21-10-12-4-2-3-5-14(12)16/h2-5H,6-11H2,1H3,(H,18,20). The molecule has 4 nitrogen and oxygen atoms in total. The summed E-state index contributed by atoms with van der Waals surface area (Å²) < 4.78 is 1.09. The Labute approximate surface area is 138 Å². The van der Waals surface area contributed by atoms with Gasteiger partial charge in [-0.2, -0.15) is 5.10 Å². The van der Waals surface area contributed by atoms with Crippen LogP contribution in [-0.2, 0) is 10.5 Å². The SMILES string of the molecule is CN1CCC(=NNC(=O)CSCc2ccccc2Br)CC1. The van der Waals surface area contributed by atoms with Gasteiger partial charge in [0.25, 0.3) is 0 Å². The van der Waals surface area contributed by atoms with Crippen molar-refractivity contribution in [2.45, 2.75) is 18.6 Å². The number of piperidine rings is 1. The lowest BCUT2D eigenvalue weighted by Gasteiger charge is -2.22. The molecule has 1 heterocycles. The van der Waals surface area contributed by atoms with Crippen LogP contribution in [-0.4, -0.2) is 42.4 Å². The quantitative estimate of drug-likeness (QED) is 0.811. The highest BCUT2D eigenvalue weighted by Crippen LogP contribution is 2.21. The van der Waals surface area contributed by atoms with Gasteiger partial charge in [-0.3, -0.25) is 4.79 Å². The van der Waals surface area contributed by atoms with Gasteiger partial charge in [0.05, 0.1) is 5.75 Å². The molecular formula is C15H20BrN3OS. The Morgan fingerprint density at radius 3 is 2.81 bits per heavy atom. The first kappa shape index (κ1) is 16.5. The molecule has 21 heavy (non-hydrogen) atoms. The van der Waals surface area contributed by atoms with Crippen LogP contribution in [0.1, 0.15) is 18.4 Å². The second-order valence-electron chi connectivity index (χ2n) is 5.10. The zero-order valence-corrected chi connectivity index (χ0v) is 14.5. The van der Waals surface area contributed by atoms with E-state index in [0.717, 1.165) is 41.9 Å². The molecule has 0 unspecified atom stereocenters. The summed E-state index contributed by atoms with van der Waals surface area (Å²) in [7, 11) is 2.10. The highest BCUT2D eigenvalue weighted by atomic mass is 79.9. The number of halogens is 1. The summed E-state index contributed by atoms with van der Waals surface area (Å²) in [4.78, 5) is 14.0. The van der Waals surface area contributed by atoms with Crippen LogP contribution in [0.5, 0.6) is 0 Å². The van der Waals surface area contributed by atoms with Crippen LogP contribution < -0.4 is 5.43 Å². The fraction of sp³-hybridized carbons (Fsp3) is 0.467. The number of hydrogen-bond acceptors (Lipinski definition) is 4. The molecular weight excluding hydrogens is 350 g/mol. The molecule has 114 valence electrons. The Morgan fingerprint density at radius 2 is 2.10 bits per heavy atom. The lowest BCUT2D eigenvalue weighted by molar-refractivity contribution is -0.118. The molecule has 0 bridgehead atoms. The van der Waals surface area contributed by atoms with Crippen LogP contribution in [0.15, 0.2) is 33.8 Å². The number of nitrogens with zero attached hydrogens (tertiary/aromatic N) is 2. The van der Waals surface area contributed by atoms with Gasteiger partial charge in [0.15, 0.2) is 0 Å². The predicted molar refractivity (Wildman–Crippen MR) is 92.6 cm³/mol. The third kappa shape index (κ3) is 5.80. The van der Waals surface area contributed by atoms with Crippen molar-refractivity contribution in [1.82, 2.24) is 10.3 Å². The van der Waals surface area contributed by atoms with E-state index in [9.17, 15) is 4.79 Å². The van der Waals surface area contributed by atoms with Crippen molar-refractivity contribution in [3.05, 3.63) is 34.3 Å². The average Bonchev–Trinajstić information content (AvgIpc) is 2.49. The molecule has 1 aliphatic rings. The first-order chi connectivity index (χ1) is 10.1. The fourth-order valence-corrected chi connectivity index (χ4v) is 3.47. The summed E-state index contributed by atoms with van der Waals surface area (Å²) >= 11 is 5.11. The molecule has 0 saturated carbocycles. The summed E-state index contributed by atoms with van der Waals surface area (Å²) in [5, 5.41) is 4.23. The zero-order chi connectivity index (χ0) is 15.1. The summed E-state index contributed by atoms with van der Waals surface area (Å²) in [6, 6.07) is 8.07. The topological polar surface area (TPSA) is 44.7 Å². The first-order valence-corrected chi connectivity index (χ1v) is 8.94. The molecule has 1 saturated heterocycles. The maximum absolute atomic E-state index is 11.8. The third-order valence-corrected chi connectivity index (χ3v) is 5.11. The second-order valence-corrected chi connectivity index (χ2v) is 6.94. The highest BCUT2D eigenvalue weighted by molar-refractivity contribution is 9.10.